The molecule has 1 aliphatic rings. The highest BCUT2D eigenvalue weighted by molar-refractivity contribution is 5.98. The molecule has 0 spiro atoms. The third kappa shape index (κ3) is 1.76. The molecule has 0 aliphatic heterocycles. The monoisotopic (exact) mass is 246 g/mol. The number of anilines is 1. The maximum atomic E-state index is 12.0. The molecule has 5 heteroatoms. The van der Waals surface area contributed by atoms with Crippen LogP contribution in [0.2, 0.25) is 0 Å². The number of hydrogen-bond donors (Lipinski definition) is 2. The van der Waals surface area contributed by atoms with Gasteiger partial charge in [0.05, 0.1) is 12.0 Å². The van der Waals surface area contributed by atoms with E-state index in [4.69, 9.17) is 4.42 Å². The number of hydrogen-bond acceptors (Lipinski definition) is 4. The molecule has 0 radical (unpaired) electrons. The summed E-state index contributed by atoms with van der Waals surface area (Å²) in [6.07, 6.45) is 1.50. The molecule has 1 amide bonds. The van der Waals surface area contributed by atoms with Crippen molar-refractivity contribution in [3.05, 3.63) is 24.1 Å². The average Bonchev–Trinajstić information content (AvgIpc) is 3.06. The minimum atomic E-state index is -0.563. The smallest absolute Gasteiger partial charge is 0.232 e. The average molecular weight is 246 g/mol. The molecular weight excluding hydrogens is 232 g/mol. The predicted octanol–water partition coefficient (Wildman–Crippen LogP) is 1.85. The molecule has 0 unspecified atom stereocenters. The fourth-order valence-corrected chi connectivity index (χ4v) is 1.99. The van der Waals surface area contributed by atoms with Crippen LogP contribution in [0.25, 0.3) is 11.1 Å². The quantitative estimate of drug-likeness (QED) is 0.866. The molecule has 1 aromatic carbocycles. The molecule has 18 heavy (non-hydrogen) atoms. The van der Waals surface area contributed by atoms with Gasteiger partial charge < -0.3 is 14.8 Å². The minimum absolute atomic E-state index is 0.0947. The number of aliphatic hydroxyl groups is 1. The number of aromatic nitrogens is 1. The van der Waals surface area contributed by atoms with Gasteiger partial charge in [-0.2, -0.15) is 0 Å². The van der Waals surface area contributed by atoms with Gasteiger partial charge in [-0.25, -0.2) is 4.98 Å². The van der Waals surface area contributed by atoms with Crippen molar-refractivity contribution >= 4 is 22.7 Å². The zero-order valence-electron chi connectivity index (χ0n) is 10.1. The largest absolute Gasteiger partial charge is 0.441 e. The Morgan fingerprint density at radius 1 is 1.56 bits per heavy atom. The van der Waals surface area contributed by atoms with E-state index in [2.05, 4.69) is 10.3 Å². The fraction of sp³-hybridized carbons (Fsp3) is 0.385. The number of carbonyl (C=O) groups is 1. The van der Waals surface area contributed by atoms with E-state index in [9.17, 15) is 9.90 Å². The third-order valence-corrected chi connectivity index (χ3v) is 3.39. The van der Waals surface area contributed by atoms with Gasteiger partial charge >= 0.3 is 0 Å². The van der Waals surface area contributed by atoms with Crippen LogP contribution in [0, 0.1) is 12.3 Å². The molecule has 1 saturated carbocycles. The Hall–Kier alpha value is -1.88. The highest BCUT2D eigenvalue weighted by atomic mass is 16.3. The number of aryl methyl sites for hydroxylation is 1. The zero-order chi connectivity index (χ0) is 12.8. The molecule has 1 heterocycles. The molecule has 0 atom stereocenters. The van der Waals surface area contributed by atoms with Gasteiger partial charge in [-0.3, -0.25) is 4.79 Å². The number of nitrogens with zero attached hydrogens (tertiary/aromatic N) is 1. The Balaban J connectivity index is 1.84. The van der Waals surface area contributed by atoms with E-state index < -0.39 is 5.41 Å². The van der Waals surface area contributed by atoms with Crippen molar-refractivity contribution in [1.29, 1.82) is 0 Å². The van der Waals surface area contributed by atoms with E-state index in [1.165, 1.54) is 0 Å². The van der Waals surface area contributed by atoms with E-state index in [-0.39, 0.29) is 12.5 Å². The minimum Gasteiger partial charge on any atom is -0.441 e. The summed E-state index contributed by atoms with van der Waals surface area (Å²) in [5.41, 5.74) is 1.53. The molecular formula is C13H14N2O3. The van der Waals surface area contributed by atoms with Gasteiger partial charge in [-0.15, -0.1) is 0 Å². The van der Waals surface area contributed by atoms with E-state index in [1.54, 1.807) is 25.1 Å². The van der Waals surface area contributed by atoms with Crippen LogP contribution < -0.4 is 5.32 Å². The first-order valence-corrected chi connectivity index (χ1v) is 5.92. The topological polar surface area (TPSA) is 75.4 Å². The van der Waals surface area contributed by atoms with Crippen LogP contribution in [-0.2, 0) is 4.79 Å². The molecule has 1 aromatic heterocycles. The molecule has 2 N–H and O–H groups in total. The fourth-order valence-electron chi connectivity index (χ4n) is 1.99. The molecule has 1 aliphatic carbocycles. The number of carbonyl (C=O) groups excluding carboxylic acids is 1. The lowest BCUT2D eigenvalue weighted by Gasteiger charge is -2.11. The van der Waals surface area contributed by atoms with Gasteiger partial charge in [0.1, 0.15) is 5.52 Å². The van der Waals surface area contributed by atoms with Crippen LogP contribution in [0.3, 0.4) is 0 Å². The normalized spacial score (nSPS) is 16.8. The Morgan fingerprint density at radius 3 is 3.00 bits per heavy atom. The van der Waals surface area contributed by atoms with Crippen molar-refractivity contribution in [1.82, 2.24) is 4.98 Å². The molecule has 94 valence electrons. The number of rotatable bonds is 3. The van der Waals surface area contributed by atoms with Crippen LogP contribution >= 0.6 is 0 Å². The number of aliphatic hydroxyl groups excluding tert-OH is 1. The molecule has 3 rings (SSSR count). The Labute approximate surface area is 104 Å². The lowest BCUT2D eigenvalue weighted by molar-refractivity contribution is -0.122. The summed E-state index contributed by atoms with van der Waals surface area (Å²) < 4.78 is 5.41. The standard InChI is InChI=1S/C13H14N2O3/c1-8-14-10-3-2-9(6-11(10)18-8)15-12(17)13(7-16)4-5-13/h2-3,6,16H,4-5,7H2,1H3,(H,15,17). The number of oxazole rings is 1. The van der Waals surface area contributed by atoms with E-state index in [0.29, 0.717) is 17.2 Å². The van der Waals surface area contributed by atoms with Crippen molar-refractivity contribution in [2.75, 3.05) is 11.9 Å². The summed E-state index contributed by atoms with van der Waals surface area (Å²) in [4.78, 5) is 16.1. The van der Waals surface area contributed by atoms with Crippen molar-refractivity contribution in [2.24, 2.45) is 5.41 Å². The van der Waals surface area contributed by atoms with Crippen LogP contribution in [0.15, 0.2) is 22.6 Å². The van der Waals surface area contributed by atoms with Gasteiger partial charge in [0.25, 0.3) is 0 Å². The first kappa shape index (κ1) is 11.2. The highest BCUT2D eigenvalue weighted by Crippen LogP contribution is 2.45. The first-order valence-electron chi connectivity index (χ1n) is 5.92. The number of fused-ring (bicyclic) bond motifs is 1. The van der Waals surface area contributed by atoms with Crippen LogP contribution in [0.1, 0.15) is 18.7 Å². The number of nitrogens with one attached hydrogen (secondary N) is 1. The summed E-state index contributed by atoms with van der Waals surface area (Å²) in [5, 5.41) is 12.0. The Kier molecular flexibility index (Phi) is 2.38. The maximum absolute atomic E-state index is 12.0. The summed E-state index contributed by atoms with van der Waals surface area (Å²) in [7, 11) is 0. The van der Waals surface area contributed by atoms with Gasteiger partial charge in [0.2, 0.25) is 5.91 Å². The second-order valence-corrected chi connectivity index (χ2v) is 4.81. The number of amides is 1. The van der Waals surface area contributed by atoms with Gasteiger partial charge in [0.15, 0.2) is 11.5 Å². The second-order valence-electron chi connectivity index (χ2n) is 4.81. The molecule has 2 aromatic rings. The first-order chi connectivity index (χ1) is 8.63. The highest BCUT2D eigenvalue weighted by Gasteiger charge is 2.49. The lowest BCUT2D eigenvalue weighted by Crippen LogP contribution is -2.27. The summed E-state index contributed by atoms with van der Waals surface area (Å²) in [6, 6.07) is 5.34. The summed E-state index contributed by atoms with van der Waals surface area (Å²) >= 11 is 0. The molecule has 0 bridgehead atoms. The van der Waals surface area contributed by atoms with Crippen molar-refractivity contribution in [3.8, 4) is 0 Å². The van der Waals surface area contributed by atoms with Gasteiger partial charge in [0, 0.05) is 18.7 Å². The van der Waals surface area contributed by atoms with E-state index >= 15 is 0 Å². The van der Waals surface area contributed by atoms with Crippen molar-refractivity contribution in [3.63, 3.8) is 0 Å². The van der Waals surface area contributed by atoms with Gasteiger partial charge in [-0.1, -0.05) is 0 Å². The van der Waals surface area contributed by atoms with Crippen molar-refractivity contribution in [2.45, 2.75) is 19.8 Å². The summed E-state index contributed by atoms with van der Waals surface area (Å²) in [6.45, 7) is 1.69. The number of benzene rings is 1. The lowest BCUT2D eigenvalue weighted by atomic mass is 10.1. The zero-order valence-corrected chi connectivity index (χ0v) is 10.1. The van der Waals surface area contributed by atoms with Crippen LogP contribution in [-0.4, -0.2) is 22.6 Å². The summed E-state index contributed by atoms with van der Waals surface area (Å²) in [5.74, 6) is 0.475. The van der Waals surface area contributed by atoms with Crippen molar-refractivity contribution < 1.29 is 14.3 Å². The SMILES string of the molecule is Cc1nc2ccc(NC(=O)C3(CO)CC3)cc2o1. The predicted molar refractivity (Wildman–Crippen MR) is 66.1 cm³/mol. The van der Waals surface area contributed by atoms with E-state index in [1.807, 2.05) is 0 Å². The molecule has 1 fully saturated rings. The van der Waals surface area contributed by atoms with Crippen LogP contribution in [0.4, 0.5) is 5.69 Å². The maximum Gasteiger partial charge on any atom is 0.232 e. The molecule has 5 nitrogen and oxygen atoms in total. The van der Waals surface area contributed by atoms with Crippen LogP contribution in [0.5, 0.6) is 0 Å². The van der Waals surface area contributed by atoms with Gasteiger partial charge in [-0.05, 0) is 25.0 Å². The second kappa shape index (κ2) is 3.81. The third-order valence-electron chi connectivity index (χ3n) is 3.39. The molecule has 0 saturated heterocycles. The Morgan fingerprint density at radius 2 is 2.33 bits per heavy atom. The Bertz CT molecular complexity index is 614. The van der Waals surface area contributed by atoms with E-state index in [0.717, 1.165) is 18.4 Å².